The Morgan fingerprint density at radius 2 is 2.14 bits per heavy atom. The van der Waals surface area contributed by atoms with Crippen molar-refractivity contribution in [2.45, 2.75) is 25.8 Å². The molecule has 0 saturated carbocycles. The van der Waals surface area contributed by atoms with Gasteiger partial charge in [-0.2, -0.15) is 0 Å². The van der Waals surface area contributed by atoms with E-state index in [2.05, 4.69) is 10.0 Å². The van der Waals surface area contributed by atoms with Crippen molar-refractivity contribution < 1.29 is 17.6 Å². The van der Waals surface area contributed by atoms with Gasteiger partial charge in [-0.25, -0.2) is 17.5 Å². The van der Waals surface area contributed by atoms with Crippen LogP contribution in [0.25, 0.3) is 0 Å². The zero-order chi connectivity index (χ0) is 15.6. The van der Waals surface area contributed by atoms with E-state index in [-0.39, 0.29) is 17.8 Å². The van der Waals surface area contributed by atoms with Crippen LogP contribution in [0.3, 0.4) is 0 Å². The van der Waals surface area contributed by atoms with Gasteiger partial charge in [-0.3, -0.25) is 4.79 Å². The number of halogens is 1. The highest BCUT2D eigenvalue weighted by atomic mass is 32.2. The molecule has 0 bridgehead atoms. The fourth-order valence-corrected chi connectivity index (χ4v) is 3.23. The second-order valence-corrected chi connectivity index (χ2v) is 7.26. The van der Waals surface area contributed by atoms with Gasteiger partial charge >= 0.3 is 0 Å². The van der Waals surface area contributed by atoms with Crippen molar-refractivity contribution in [1.82, 2.24) is 10.0 Å². The van der Waals surface area contributed by atoms with Gasteiger partial charge in [-0.1, -0.05) is 19.1 Å². The van der Waals surface area contributed by atoms with E-state index in [0.717, 1.165) is 12.0 Å². The molecule has 2 N–H and O–H groups in total. The van der Waals surface area contributed by atoms with Crippen molar-refractivity contribution in [2.75, 3.05) is 12.8 Å². The fraction of sp³-hybridized carbons (Fsp3) is 0.500. The van der Waals surface area contributed by atoms with Gasteiger partial charge in [0, 0.05) is 0 Å². The van der Waals surface area contributed by atoms with Crippen LogP contribution >= 0.6 is 0 Å². The van der Waals surface area contributed by atoms with Crippen LogP contribution < -0.4 is 10.0 Å². The highest BCUT2D eigenvalue weighted by molar-refractivity contribution is 7.90. The van der Waals surface area contributed by atoms with Crippen LogP contribution in [0, 0.1) is 11.7 Å². The van der Waals surface area contributed by atoms with E-state index in [1.165, 1.54) is 13.1 Å². The largest absolute Gasteiger partial charge is 0.348 e. The molecular weight excluding hydrogens is 295 g/mol. The first-order chi connectivity index (χ1) is 9.84. The van der Waals surface area contributed by atoms with E-state index in [4.69, 9.17) is 0 Å². The minimum atomic E-state index is -3.61. The summed E-state index contributed by atoms with van der Waals surface area (Å²) < 4.78 is 38.7. The Labute approximate surface area is 124 Å². The Morgan fingerprint density at radius 1 is 1.43 bits per heavy atom. The van der Waals surface area contributed by atoms with Crippen LogP contribution in [0.15, 0.2) is 18.2 Å². The summed E-state index contributed by atoms with van der Waals surface area (Å²) in [6, 6.07) is 4.43. The summed E-state index contributed by atoms with van der Waals surface area (Å²) in [7, 11) is -2.35. The molecule has 2 atom stereocenters. The van der Waals surface area contributed by atoms with Crippen LogP contribution in [-0.4, -0.2) is 27.1 Å². The van der Waals surface area contributed by atoms with E-state index >= 15 is 0 Å². The van der Waals surface area contributed by atoms with Gasteiger partial charge in [-0.15, -0.1) is 0 Å². The van der Waals surface area contributed by atoms with Gasteiger partial charge < -0.3 is 5.32 Å². The summed E-state index contributed by atoms with van der Waals surface area (Å²) in [4.78, 5) is 11.9. The third-order valence-electron chi connectivity index (χ3n) is 3.86. The first-order valence-electron chi connectivity index (χ1n) is 6.82. The molecule has 2 rings (SSSR count). The van der Waals surface area contributed by atoms with Crippen molar-refractivity contribution in [2.24, 2.45) is 5.92 Å². The Balaban J connectivity index is 2.21. The van der Waals surface area contributed by atoms with E-state index in [1.54, 1.807) is 12.1 Å². The Kier molecular flexibility index (Phi) is 4.63. The molecule has 21 heavy (non-hydrogen) atoms. The van der Waals surface area contributed by atoms with Crippen molar-refractivity contribution in [1.29, 1.82) is 0 Å². The summed E-state index contributed by atoms with van der Waals surface area (Å²) in [6.45, 7) is 1.96. The van der Waals surface area contributed by atoms with E-state index < -0.39 is 21.7 Å². The first kappa shape index (κ1) is 15.9. The predicted molar refractivity (Wildman–Crippen MR) is 77.6 cm³/mol. The quantitative estimate of drug-likeness (QED) is 0.874. The average Bonchev–Trinajstić information content (AvgIpc) is 2.42. The van der Waals surface area contributed by atoms with Gasteiger partial charge in [0.2, 0.25) is 15.9 Å². The predicted octanol–water partition coefficient (Wildman–Crippen LogP) is 1.11. The van der Waals surface area contributed by atoms with Crippen LogP contribution in [-0.2, 0) is 21.2 Å². The molecular formula is C14H19FN2O3S. The summed E-state index contributed by atoms with van der Waals surface area (Å²) in [5.74, 6) is -1.36. The maximum Gasteiger partial charge on any atom is 0.237 e. The molecule has 0 saturated heterocycles. The highest BCUT2D eigenvalue weighted by Gasteiger charge is 2.30. The zero-order valence-electron chi connectivity index (χ0n) is 12.0. The average molecular weight is 314 g/mol. The lowest BCUT2D eigenvalue weighted by atomic mass is 9.80. The lowest BCUT2D eigenvalue weighted by Crippen LogP contribution is -2.40. The Morgan fingerprint density at radius 3 is 2.81 bits per heavy atom. The summed E-state index contributed by atoms with van der Waals surface area (Å²) >= 11 is 0. The number of carbonyl (C=O) groups is 1. The number of carbonyl (C=O) groups excluding carboxylic acids is 1. The standard InChI is InChI=1S/C14H19FN2O3S/c1-9-6-7-10-11(4-3-5-12(10)15)14(9)17-13(18)8-21(19,20)16-2/h3-5,9,14,16H,6-8H2,1-2H3,(H,17,18). The lowest BCUT2D eigenvalue weighted by Gasteiger charge is -2.32. The van der Waals surface area contributed by atoms with Crippen molar-refractivity contribution in [3.05, 3.63) is 35.1 Å². The molecule has 0 fully saturated rings. The molecule has 7 heteroatoms. The summed E-state index contributed by atoms with van der Waals surface area (Å²) in [6.07, 6.45) is 1.38. The van der Waals surface area contributed by atoms with Crippen molar-refractivity contribution in [3.8, 4) is 0 Å². The number of sulfonamides is 1. The number of benzene rings is 1. The molecule has 1 aliphatic rings. The number of amides is 1. The number of nitrogens with one attached hydrogen (secondary N) is 2. The molecule has 0 radical (unpaired) electrons. The second kappa shape index (κ2) is 6.11. The molecule has 1 amide bonds. The van der Waals surface area contributed by atoms with Crippen molar-refractivity contribution in [3.63, 3.8) is 0 Å². The smallest absolute Gasteiger partial charge is 0.237 e. The maximum atomic E-state index is 13.8. The van der Waals surface area contributed by atoms with E-state index in [9.17, 15) is 17.6 Å². The topological polar surface area (TPSA) is 75.3 Å². The molecule has 1 aliphatic carbocycles. The van der Waals surface area contributed by atoms with Crippen LogP contribution in [0.2, 0.25) is 0 Å². The minimum absolute atomic E-state index is 0.125. The molecule has 0 spiro atoms. The van der Waals surface area contributed by atoms with Crippen LogP contribution in [0.4, 0.5) is 4.39 Å². The highest BCUT2D eigenvalue weighted by Crippen LogP contribution is 2.35. The number of fused-ring (bicyclic) bond motifs is 1. The van der Waals surface area contributed by atoms with Gasteiger partial charge in [-0.05, 0) is 43.0 Å². The summed E-state index contributed by atoms with van der Waals surface area (Å²) in [5, 5.41) is 2.72. The first-order valence-corrected chi connectivity index (χ1v) is 8.47. The number of hydrogen-bond donors (Lipinski definition) is 2. The number of hydrogen-bond acceptors (Lipinski definition) is 3. The molecule has 5 nitrogen and oxygen atoms in total. The molecule has 0 heterocycles. The third-order valence-corrected chi connectivity index (χ3v) is 5.12. The van der Waals surface area contributed by atoms with Gasteiger partial charge in [0.05, 0.1) is 6.04 Å². The number of rotatable bonds is 4. The monoisotopic (exact) mass is 314 g/mol. The van der Waals surface area contributed by atoms with E-state index in [1.807, 2.05) is 6.92 Å². The SMILES string of the molecule is CNS(=O)(=O)CC(=O)NC1c2cccc(F)c2CCC1C. The molecule has 0 aromatic heterocycles. The van der Waals surface area contributed by atoms with Crippen LogP contribution in [0.5, 0.6) is 0 Å². The fourth-order valence-electron chi connectivity index (χ4n) is 2.66. The minimum Gasteiger partial charge on any atom is -0.348 e. The zero-order valence-corrected chi connectivity index (χ0v) is 12.8. The molecule has 2 unspecified atom stereocenters. The molecule has 116 valence electrons. The third kappa shape index (κ3) is 3.59. The Hall–Kier alpha value is -1.47. The molecule has 1 aromatic carbocycles. The normalized spacial score (nSPS) is 21.7. The summed E-state index contributed by atoms with van der Waals surface area (Å²) in [5.41, 5.74) is 1.35. The molecule has 0 aliphatic heterocycles. The molecule has 1 aromatic rings. The van der Waals surface area contributed by atoms with E-state index in [0.29, 0.717) is 12.0 Å². The lowest BCUT2D eigenvalue weighted by molar-refractivity contribution is -0.119. The van der Waals surface area contributed by atoms with Crippen molar-refractivity contribution >= 4 is 15.9 Å². The van der Waals surface area contributed by atoms with Gasteiger partial charge in [0.15, 0.2) is 0 Å². The Bertz CT molecular complexity index is 646. The maximum absolute atomic E-state index is 13.8. The van der Waals surface area contributed by atoms with Crippen LogP contribution in [0.1, 0.15) is 30.5 Å². The second-order valence-electron chi connectivity index (χ2n) is 5.33. The van der Waals surface area contributed by atoms with Gasteiger partial charge in [0.25, 0.3) is 0 Å². The van der Waals surface area contributed by atoms with Gasteiger partial charge in [0.1, 0.15) is 11.6 Å².